The van der Waals surface area contributed by atoms with E-state index in [1.54, 1.807) is 0 Å². The number of likely N-dealkylation sites (N-methyl/N-ethyl adjacent to an activating group) is 1. The summed E-state index contributed by atoms with van der Waals surface area (Å²) in [7, 11) is 1.67. The summed E-state index contributed by atoms with van der Waals surface area (Å²) >= 11 is 0. The third-order valence-electron chi connectivity index (χ3n) is 7.81. The number of allylic oxidation sites excluding steroid dienone is 2. The lowest BCUT2D eigenvalue weighted by Crippen LogP contribution is -2.37. The highest BCUT2D eigenvalue weighted by molar-refractivity contribution is 7.47. The molecule has 0 amide bonds. The minimum Gasteiger partial charge on any atom is -0.457 e. The molecule has 1 N–H and O–H groups in total. The maximum absolute atomic E-state index is 12.6. The summed E-state index contributed by atoms with van der Waals surface area (Å²) in [5.41, 5.74) is 0. The zero-order valence-electron chi connectivity index (χ0n) is 30.1. The van der Waals surface area contributed by atoms with Gasteiger partial charge in [-0.15, -0.1) is 0 Å². The maximum Gasteiger partial charge on any atom is 0.472 e. The average molecular weight is 663 g/mol. The van der Waals surface area contributed by atoms with E-state index in [4.69, 9.17) is 18.5 Å². The minimum absolute atomic E-state index is 0.0900. The third-order valence-corrected chi connectivity index (χ3v) is 8.79. The third kappa shape index (κ3) is 34.4. The van der Waals surface area contributed by atoms with Gasteiger partial charge in [0.1, 0.15) is 19.3 Å². The molecule has 0 aromatic heterocycles. The molecule has 0 aromatic rings. The summed E-state index contributed by atoms with van der Waals surface area (Å²) in [4.78, 5) is 22.7. The van der Waals surface area contributed by atoms with Gasteiger partial charge >= 0.3 is 13.8 Å². The molecule has 268 valence electrons. The van der Waals surface area contributed by atoms with Crippen LogP contribution in [-0.2, 0) is 27.9 Å². The van der Waals surface area contributed by atoms with Crippen LogP contribution in [-0.4, -0.2) is 75.6 Å². The zero-order valence-corrected chi connectivity index (χ0v) is 31.0. The topological polar surface area (TPSA) is 91.3 Å². The van der Waals surface area contributed by atoms with Gasteiger partial charge in [-0.2, -0.15) is 0 Å². The molecule has 0 aromatic carbocycles. The predicted octanol–water partition coefficient (Wildman–Crippen LogP) is 9.93. The molecule has 0 aliphatic heterocycles. The first-order chi connectivity index (χ1) is 21.6. The molecular formula is C36H73NO7P+. The van der Waals surface area contributed by atoms with Crippen LogP contribution in [0.15, 0.2) is 12.2 Å². The quantitative estimate of drug-likeness (QED) is 0.0241. The van der Waals surface area contributed by atoms with Crippen LogP contribution in [0.4, 0.5) is 0 Å². The molecule has 0 aliphatic carbocycles. The fourth-order valence-electron chi connectivity index (χ4n) is 4.91. The molecule has 2 atom stereocenters. The lowest BCUT2D eigenvalue weighted by Gasteiger charge is -2.24. The Morgan fingerprint density at radius 2 is 1.20 bits per heavy atom. The largest absolute Gasteiger partial charge is 0.472 e. The molecule has 0 radical (unpaired) electrons. The molecule has 0 heterocycles. The van der Waals surface area contributed by atoms with E-state index in [0.717, 1.165) is 32.1 Å². The second kappa shape index (κ2) is 30.6. The lowest BCUT2D eigenvalue weighted by atomic mass is 10.0. The Morgan fingerprint density at radius 1 is 0.667 bits per heavy atom. The summed E-state index contributed by atoms with van der Waals surface area (Å²) in [6.45, 7) is 5.55. The van der Waals surface area contributed by atoms with Crippen LogP contribution in [0.5, 0.6) is 0 Å². The smallest absolute Gasteiger partial charge is 0.457 e. The van der Waals surface area contributed by atoms with E-state index in [1.807, 2.05) is 21.1 Å². The van der Waals surface area contributed by atoms with Gasteiger partial charge < -0.3 is 18.9 Å². The average Bonchev–Trinajstić information content (AvgIpc) is 2.98. The van der Waals surface area contributed by atoms with Gasteiger partial charge in [-0.3, -0.25) is 13.8 Å². The van der Waals surface area contributed by atoms with Crippen LogP contribution in [0.2, 0.25) is 0 Å². The van der Waals surface area contributed by atoms with E-state index in [1.165, 1.54) is 103 Å². The number of nitrogens with zero attached hydrogens (tertiary/aromatic N) is 1. The second-order valence-electron chi connectivity index (χ2n) is 13.6. The normalized spacial score (nSPS) is 14.2. The van der Waals surface area contributed by atoms with Crippen LogP contribution < -0.4 is 0 Å². The summed E-state index contributed by atoms with van der Waals surface area (Å²) in [5, 5.41) is 0. The number of quaternary nitrogens is 1. The van der Waals surface area contributed by atoms with Crippen molar-refractivity contribution in [1.82, 2.24) is 0 Å². The first kappa shape index (κ1) is 44.2. The highest BCUT2D eigenvalue weighted by atomic mass is 31.2. The fraction of sp³-hybridized carbons (Fsp3) is 0.917. The highest BCUT2D eigenvalue weighted by Gasteiger charge is 2.26. The Labute approximate surface area is 278 Å². The van der Waals surface area contributed by atoms with Crippen LogP contribution >= 0.6 is 7.82 Å². The van der Waals surface area contributed by atoms with E-state index in [0.29, 0.717) is 24.1 Å². The molecule has 0 fully saturated rings. The molecule has 9 heteroatoms. The summed E-state index contributed by atoms with van der Waals surface area (Å²) in [6, 6.07) is 0. The number of carbonyl (C=O) groups is 1. The Morgan fingerprint density at radius 3 is 1.78 bits per heavy atom. The zero-order chi connectivity index (χ0) is 33.5. The Hall–Kier alpha value is -0.760. The SMILES string of the molecule is CCC/C=C\CCCCCCCCOCC(COP(=O)(O)OCC[N+](C)(C)C)OC(=O)CCCCCCCCCCCCCC. The van der Waals surface area contributed by atoms with E-state index in [9.17, 15) is 14.3 Å². The van der Waals surface area contributed by atoms with Crippen molar-refractivity contribution in [2.45, 2.75) is 161 Å². The number of carbonyl (C=O) groups excluding carboxylic acids is 1. The molecule has 8 nitrogen and oxygen atoms in total. The van der Waals surface area contributed by atoms with E-state index >= 15 is 0 Å². The van der Waals surface area contributed by atoms with Gasteiger partial charge in [0, 0.05) is 13.0 Å². The van der Waals surface area contributed by atoms with Crippen LogP contribution in [0, 0.1) is 0 Å². The van der Waals surface area contributed by atoms with E-state index in [-0.39, 0.29) is 25.8 Å². The highest BCUT2D eigenvalue weighted by Crippen LogP contribution is 2.43. The monoisotopic (exact) mass is 663 g/mol. The van der Waals surface area contributed by atoms with Crippen molar-refractivity contribution in [1.29, 1.82) is 0 Å². The molecule has 0 rings (SSSR count). The Bertz CT molecular complexity index is 741. The number of esters is 1. The number of hydrogen-bond acceptors (Lipinski definition) is 6. The van der Waals surface area contributed by atoms with Crippen molar-refractivity contribution in [2.75, 3.05) is 54.1 Å². The fourth-order valence-corrected chi connectivity index (χ4v) is 5.65. The van der Waals surface area contributed by atoms with Gasteiger partial charge in [-0.25, -0.2) is 4.57 Å². The van der Waals surface area contributed by atoms with Gasteiger partial charge in [0.2, 0.25) is 0 Å². The number of rotatable bonds is 34. The number of hydrogen-bond donors (Lipinski definition) is 1. The second-order valence-corrected chi connectivity index (χ2v) is 15.1. The Kier molecular flexibility index (Phi) is 30.0. The van der Waals surface area contributed by atoms with Gasteiger partial charge in [-0.1, -0.05) is 129 Å². The molecule has 0 bridgehead atoms. The van der Waals surface area contributed by atoms with Crippen molar-refractivity contribution in [3.8, 4) is 0 Å². The van der Waals surface area contributed by atoms with Gasteiger partial charge in [0.05, 0.1) is 34.4 Å². The van der Waals surface area contributed by atoms with E-state index < -0.39 is 13.9 Å². The Balaban J connectivity index is 4.31. The first-order valence-corrected chi connectivity index (χ1v) is 19.9. The van der Waals surface area contributed by atoms with E-state index in [2.05, 4.69) is 26.0 Å². The van der Waals surface area contributed by atoms with Gasteiger partial charge in [0.15, 0.2) is 0 Å². The van der Waals surface area contributed by atoms with Crippen molar-refractivity contribution in [3.63, 3.8) is 0 Å². The molecular weight excluding hydrogens is 589 g/mol. The number of ether oxygens (including phenoxy) is 2. The number of unbranched alkanes of at least 4 members (excludes halogenated alkanes) is 18. The van der Waals surface area contributed by atoms with Crippen LogP contribution in [0.1, 0.15) is 155 Å². The molecule has 45 heavy (non-hydrogen) atoms. The van der Waals surface area contributed by atoms with Crippen molar-refractivity contribution >= 4 is 13.8 Å². The van der Waals surface area contributed by atoms with Crippen LogP contribution in [0.25, 0.3) is 0 Å². The summed E-state index contributed by atoms with van der Waals surface area (Å²) in [6.07, 6.45) is 29.4. The van der Waals surface area contributed by atoms with Crippen molar-refractivity contribution in [2.24, 2.45) is 0 Å². The number of phosphoric acid groups is 1. The molecule has 0 aliphatic rings. The van der Waals surface area contributed by atoms with Gasteiger partial charge in [0.25, 0.3) is 0 Å². The van der Waals surface area contributed by atoms with Crippen LogP contribution in [0.3, 0.4) is 0 Å². The molecule has 0 saturated carbocycles. The van der Waals surface area contributed by atoms with Crippen molar-refractivity contribution in [3.05, 3.63) is 12.2 Å². The lowest BCUT2D eigenvalue weighted by molar-refractivity contribution is -0.870. The maximum atomic E-state index is 12.6. The molecule has 2 unspecified atom stereocenters. The van der Waals surface area contributed by atoms with Gasteiger partial charge in [-0.05, 0) is 32.1 Å². The minimum atomic E-state index is -4.26. The summed E-state index contributed by atoms with van der Waals surface area (Å²) < 4.78 is 34.8. The summed E-state index contributed by atoms with van der Waals surface area (Å²) in [5.74, 6) is -0.317. The number of phosphoric ester groups is 1. The molecule has 0 saturated heterocycles. The standard InChI is InChI=1S/C36H72NO7P/c1-6-8-10-12-14-16-18-19-21-23-25-27-29-36(38)44-35(34-43-45(39,40)42-32-30-37(3,4)5)33-41-31-28-26-24-22-20-17-15-13-11-9-7-2/h11,13,35H,6-10,12,14-34H2,1-5H3/p+1/b13-11-. The van der Waals surface area contributed by atoms with Crippen molar-refractivity contribution < 1.29 is 37.3 Å². The predicted molar refractivity (Wildman–Crippen MR) is 187 cm³/mol. The first-order valence-electron chi connectivity index (χ1n) is 18.4. The molecule has 0 spiro atoms.